The van der Waals surface area contributed by atoms with Crippen molar-refractivity contribution in [1.29, 1.82) is 0 Å². The van der Waals surface area contributed by atoms with E-state index in [0.29, 0.717) is 35.1 Å². The van der Waals surface area contributed by atoms with E-state index < -0.39 is 11.7 Å². The maximum Gasteiger partial charge on any atom is 0.416 e. The van der Waals surface area contributed by atoms with Gasteiger partial charge in [0.25, 0.3) is 0 Å². The molecular formula is C27H22ClF3N6O. The number of ether oxygens (including phenoxy) is 1. The van der Waals surface area contributed by atoms with Crippen LogP contribution in [0.25, 0.3) is 27.8 Å². The minimum absolute atomic E-state index is 0.282. The number of methoxy groups -OCH3 is 1. The van der Waals surface area contributed by atoms with Gasteiger partial charge in [0.05, 0.1) is 18.2 Å². The molecule has 3 heterocycles. The van der Waals surface area contributed by atoms with Crippen LogP contribution < -0.4 is 14.5 Å². The van der Waals surface area contributed by atoms with Crippen molar-refractivity contribution >= 4 is 39.7 Å². The molecule has 11 heteroatoms. The van der Waals surface area contributed by atoms with Gasteiger partial charge in [0.2, 0.25) is 0 Å². The van der Waals surface area contributed by atoms with E-state index in [9.17, 15) is 13.2 Å². The minimum atomic E-state index is -4.47. The highest BCUT2D eigenvalue weighted by Gasteiger charge is 2.31. The first kappa shape index (κ1) is 24.3. The first-order valence-corrected chi connectivity index (χ1v) is 12.4. The second kappa shape index (κ2) is 9.36. The van der Waals surface area contributed by atoms with Gasteiger partial charge < -0.3 is 14.5 Å². The van der Waals surface area contributed by atoms with E-state index in [1.165, 1.54) is 6.07 Å². The van der Waals surface area contributed by atoms with Crippen LogP contribution in [-0.2, 0) is 6.18 Å². The fourth-order valence-electron chi connectivity index (χ4n) is 4.83. The number of rotatable bonds is 4. The zero-order valence-corrected chi connectivity index (χ0v) is 21.0. The van der Waals surface area contributed by atoms with Gasteiger partial charge in [-0.2, -0.15) is 17.7 Å². The summed E-state index contributed by atoms with van der Waals surface area (Å²) in [6.45, 7) is 2.87. The lowest BCUT2D eigenvalue weighted by atomic mass is 10.1. The molecule has 0 aliphatic carbocycles. The van der Waals surface area contributed by atoms with Gasteiger partial charge in [-0.3, -0.25) is 0 Å². The molecule has 0 unspecified atom stereocenters. The Morgan fingerprint density at radius 3 is 2.42 bits per heavy atom. The van der Waals surface area contributed by atoms with E-state index in [1.807, 2.05) is 30.3 Å². The number of benzene rings is 3. The summed E-state index contributed by atoms with van der Waals surface area (Å²) >= 11 is 6.36. The second-order valence-corrected chi connectivity index (χ2v) is 9.46. The third-order valence-corrected chi connectivity index (χ3v) is 6.98. The second-order valence-electron chi connectivity index (χ2n) is 9.02. The predicted molar refractivity (Wildman–Crippen MR) is 141 cm³/mol. The molecule has 0 amide bonds. The summed E-state index contributed by atoms with van der Waals surface area (Å²) in [5.41, 5.74) is 2.00. The molecule has 1 fully saturated rings. The number of hydrogen-bond acceptors (Lipinski definition) is 6. The van der Waals surface area contributed by atoms with E-state index in [2.05, 4.69) is 26.2 Å². The Morgan fingerprint density at radius 2 is 1.66 bits per heavy atom. The van der Waals surface area contributed by atoms with Crippen LogP contribution in [0.2, 0.25) is 5.02 Å². The summed E-state index contributed by atoms with van der Waals surface area (Å²) in [5.74, 6) is 1.49. The molecule has 1 saturated heterocycles. The lowest BCUT2D eigenvalue weighted by molar-refractivity contribution is -0.137. The van der Waals surface area contributed by atoms with Crippen molar-refractivity contribution < 1.29 is 17.9 Å². The number of hydrogen-bond donors (Lipinski definition) is 0. The normalized spacial score (nSPS) is 14.4. The highest BCUT2D eigenvalue weighted by Crippen LogP contribution is 2.35. The molecule has 194 valence electrons. The fourth-order valence-corrected chi connectivity index (χ4v) is 5.00. The molecular weight excluding hydrogens is 517 g/mol. The molecule has 0 N–H and O–H groups in total. The van der Waals surface area contributed by atoms with Crippen LogP contribution in [0.15, 0.2) is 66.7 Å². The van der Waals surface area contributed by atoms with E-state index >= 15 is 0 Å². The molecule has 0 saturated carbocycles. The lowest BCUT2D eigenvalue weighted by Gasteiger charge is -2.37. The average molecular weight is 539 g/mol. The van der Waals surface area contributed by atoms with E-state index in [1.54, 1.807) is 23.8 Å². The first-order valence-electron chi connectivity index (χ1n) is 12.0. The Balaban J connectivity index is 1.41. The van der Waals surface area contributed by atoms with Gasteiger partial charge in [0.15, 0.2) is 5.65 Å². The molecule has 6 rings (SSSR count). The maximum absolute atomic E-state index is 13.4. The van der Waals surface area contributed by atoms with Gasteiger partial charge in [-0.05, 0) is 42.5 Å². The van der Waals surface area contributed by atoms with Crippen molar-refractivity contribution in [2.75, 3.05) is 43.1 Å². The standard InChI is InChI=1S/C27H22ClF3N6O/c1-38-21-7-3-6-20(16-21)35-10-12-36(13-11-35)25-22-15-19(28)8-9-23(22)37-26(32-25)24(33-34-37)17-4-2-5-18(14-17)27(29,30)31/h2-9,14-16H,10-13H2,1H3. The highest BCUT2D eigenvalue weighted by molar-refractivity contribution is 6.31. The van der Waals surface area contributed by atoms with Gasteiger partial charge in [0, 0.05) is 53.9 Å². The topological polar surface area (TPSA) is 58.8 Å². The molecule has 1 aliphatic heterocycles. The Morgan fingerprint density at radius 1 is 0.895 bits per heavy atom. The van der Waals surface area contributed by atoms with Crippen molar-refractivity contribution in [2.24, 2.45) is 0 Å². The summed E-state index contributed by atoms with van der Waals surface area (Å²) < 4.78 is 47.1. The number of anilines is 2. The van der Waals surface area contributed by atoms with Crippen LogP contribution >= 0.6 is 11.6 Å². The average Bonchev–Trinajstić information content (AvgIpc) is 3.36. The Hall–Kier alpha value is -4.05. The van der Waals surface area contributed by atoms with Crippen molar-refractivity contribution in [3.63, 3.8) is 0 Å². The van der Waals surface area contributed by atoms with Gasteiger partial charge in [-0.1, -0.05) is 35.0 Å². The van der Waals surface area contributed by atoms with Gasteiger partial charge >= 0.3 is 6.18 Å². The third-order valence-electron chi connectivity index (χ3n) is 6.75. The van der Waals surface area contributed by atoms with E-state index in [4.69, 9.17) is 21.3 Å². The highest BCUT2D eigenvalue weighted by atomic mass is 35.5. The van der Waals surface area contributed by atoms with Crippen molar-refractivity contribution in [3.8, 4) is 17.0 Å². The van der Waals surface area contributed by atoms with E-state index in [0.717, 1.165) is 47.6 Å². The van der Waals surface area contributed by atoms with Gasteiger partial charge in [-0.15, -0.1) is 5.10 Å². The van der Waals surface area contributed by atoms with Crippen molar-refractivity contribution in [3.05, 3.63) is 77.3 Å². The zero-order chi connectivity index (χ0) is 26.4. The number of halogens is 4. The molecule has 0 atom stereocenters. The SMILES string of the molecule is COc1cccc(N2CCN(c3nc4c(-c5cccc(C(F)(F)F)c5)nnn4c4ccc(Cl)cc34)CC2)c1. The summed E-state index contributed by atoms with van der Waals surface area (Å²) in [6, 6.07) is 18.4. The number of alkyl halides is 3. The van der Waals surface area contributed by atoms with Crippen molar-refractivity contribution in [1.82, 2.24) is 19.8 Å². The largest absolute Gasteiger partial charge is 0.497 e. The lowest BCUT2D eigenvalue weighted by Crippen LogP contribution is -2.47. The molecule has 7 nitrogen and oxygen atoms in total. The van der Waals surface area contributed by atoms with Gasteiger partial charge in [-0.25, -0.2) is 4.98 Å². The van der Waals surface area contributed by atoms with Crippen LogP contribution in [0.3, 0.4) is 0 Å². The molecule has 0 spiro atoms. The van der Waals surface area contributed by atoms with Crippen LogP contribution in [0, 0.1) is 0 Å². The maximum atomic E-state index is 13.4. The Bertz CT molecular complexity index is 1650. The fraction of sp³-hybridized carbons (Fsp3) is 0.222. The molecule has 0 bridgehead atoms. The smallest absolute Gasteiger partial charge is 0.416 e. The van der Waals surface area contributed by atoms with Crippen molar-refractivity contribution in [2.45, 2.75) is 6.18 Å². The minimum Gasteiger partial charge on any atom is -0.497 e. The van der Waals surface area contributed by atoms with E-state index in [-0.39, 0.29) is 5.69 Å². The Labute approximate surface area is 221 Å². The van der Waals surface area contributed by atoms with Gasteiger partial charge in [0.1, 0.15) is 17.3 Å². The summed E-state index contributed by atoms with van der Waals surface area (Å²) in [4.78, 5) is 9.35. The molecule has 2 aromatic heterocycles. The number of fused-ring (bicyclic) bond motifs is 3. The quantitative estimate of drug-likeness (QED) is 0.282. The number of aromatic nitrogens is 4. The summed E-state index contributed by atoms with van der Waals surface area (Å²) in [5, 5.41) is 9.81. The molecule has 38 heavy (non-hydrogen) atoms. The monoisotopic (exact) mass is 538 g/mol. The Kier molecular flexibility index (Phi) is 5.98. The number of nitrogens with zero attached hydrogens (tertiary/aromatic N) is 6. The van der Waals surface area contributed by atoms with Crippen LogP contribution in [0.4, 0.5) is 24.7 Å². The zero-order valence-electron chi connectivity index (χ0n) is 20.3. The summed E-state index contributed by atoms with van der Waals surface area (Å²) in [7, 11) is 1.65. The van der Waals surface area contributed by atoms with Crippen LogP contribution in [0.1, 0.15) is 5.56 Å². The van der Waals surface area contributed by atoms with Crippen LogP contribution in [-0.4, -0.2) is 53.1 Å². The first-order chi connectivity index (χ1) is 18.3. The molecule has 3 aromatic carbocycles. The third kappa shape index (κ3) is 4.34. The molecule has 5 aromatic rings. The number of piperazine rings is 1. The summed E-state index contributed by atoms with van der Waals surface area (Å²) in [6.07, 6.45) is -4.47. The molecule has 0 radical (unpaired) electrons. The van der Waals surface area contributed by atoms with Crippen LogP contribution in [0.5, 0.6) is 5.75 Å². The molecule has 1 aliphatic rings. The predicted octanol–water partition coefficient (Wildman–Crippen LogP) is 5.95.